The summed E-state index contributed by atoms with van der Waals surface area (Å²) < 4.78 is 40.0. The Balaban J connectivity index is 1.30. The van der Waals surface area contributed by atoms with Gasteiger partial charge in [0.15, 0.2) is 5.58 Å². The molecule has 2 fully saturated rings. The molecule has 1 saturated carbocycles. The number of imide groups is 1. The van der Waals surface area contributed by atoms with E-state index < -0.39 is 27.9 Å². The number of amides is 2. The van der Waals surface area contributed by atoms with Gasteiger partial charge in [0.2, 0.25) is 21.8 Å². The summed E-state index contributed by atoms with van der Waals surface area (Å²) in [6.45, 7) is 0. The van der Waals surface area contributed by atoms with Gasteiger partial charge in [0.25, 0.3) is 5.91 Å². The lowest BCUT2D eigenvalue weighted by molar-refractivity contribution is -0.122. The number of aromatic nitrogens is 1. The molecule has 9 nitrogen and oxygen atoms in total. The average molecular weight is 546 g/mol. The number of ether oxygens (including phenoxy) is 1. The molecule has 0 spiro atoms. The average Bonchev–Trinajstić information content (AvgIpc) is 3.69. The van der Waals surface area contributed by atoms with Gasteiger partial charge in [0.05, 0.1) is 24.1 Å². The van der Waals surface area contributed by atoms with Gasteiger partial charge in [0, 0.05) is 11.6 Å². The number of rotatable bonds is 7. The lowest BCUT2D eigenvalue weighted by atomic mass is 10.1. The molecule has 6 rings (SSSR count). The molecule has 4 aromatic rings. The topological polar surface area (TPSA) is 110 Å². The molecular formula is C29H27N3O6S. The Labute approximate surface area is 226 Å². The zero-order valence-corrected chi connectivity index (χ0v) is 22.1. The number of fused-ring (bicyclic) bond motifs is 1. The van der Waals surface area contributed by atoms with Crippen molar-refractivity contribution in [2.45, 2.75) is 49.1 Å². The van der Waals surface area contributed by atoms with Crippen molar-refractivity contribution in [2.24, 2.45) is 0 Å². The molecule has 200 valence electrons. The smallest absolute Gasteiger partial charge is 0.252 e. The van der Waals surface area contributed by atoms with Crippen LogP contribution < -0.4 is 9.64 Å². The zero-order chi connectivity index (χ0) is 27.1. The van der Waals surface area contributed by atoms with Crippen LogP contribution in [0.4, 0.5) is 5.69 Å². The molecule has 2 amide bonds. The highest BCUT2D eigenvalue weighted by molar-refractivity contribution is 7.89. The van der Waals surface area contributed by atoms with E-state index in [1.54, 1.807) is 36.4 Å². The van der Waals surface area contributed by atoms with Crippen LogP contribution in [0.2, 0.25) is 0 Å². The second kappa shape index (κ2) is 9.94. The molecule has 3 aromatic carbocycles. The summed E-state index contributed by atoms with van der Waals surface area (Å²) >= 11 is 0. The fourth-order valence-electron chi connectivity index (χ4n) is 5.48. The molecule has 1 aromatic heterocycles. The Morgan fingerprint density at radius 1 is 0.949 bits per heavy atom. The van der Waals surface area contributed by atoms with Crippen LogP contribution in [0.5, 0.6) is 5.75 Å². The number of carbonyl (C=O) groups is 2. The second-order valence-electron chi connectivity index (χ2n) is 9.77. The number of para-hydroxylation sites is 2. The fourth-order valence-corrected chi connectivity index (χ4v) is 7.31. The van der Waals surface area contributed by atoms with Crippen LogP contribution >= 0.6 is 0 Å². The monoisotopic (exact) mass is 545 g/mol. The minimum Gasteiger partial charge on any atom is -0.497 e. The van der Waals surface area contributed by atoms with E-state index in [-0.39, 0.29) is 17.4 Å². The second-order valence-corrected chi connectivity index (χ2v) is 11.6. The van der Waals surface area contributed by atoms with E-state index in [0.29, 0.717) is 41.3 Å². The third-order valence-corrected chi connectivity index (χ3v) is 9.39. The summed E-state index contributed by atoms with van der Waals surface area (Å²) in [6.07, 6.45) is 2.82. The van der Waals surface area contributed by atoms with E-state index in [0.717, 1.165) is 23.3 Å². The molecule has 10 heteroatoms. The van der Waals surface area contributed by atoms with E-state index in [4.69, 9.17) is 9.15 Å². The van der Waals surface area contributed by atoms with E-state index in [9.17, 15) is 18.0 Å². The minimum atomic E-state index is -4.05. The summed E-state index contributed by atoms with van der Waals surface area (Å²) in [7, 11) is -2.55. The lowest BCUT2D eigenvalue weighted by Gasteiger charge is -2.32. The SMILES string of the molecule is COc1ccc(S(=O)(=O)N(C2CCCC2)C2CC(=O)N(c3ccc(-c4nc5ccccc5o4)cc3)C2=O)cc1. The van der Waals surface area contributed by atoms with Gasteiger partial charge in [-0.1, -0.05) is 25.0 Å². The number of hydrogen-bond acceptors (Lipinski definition) is 7. The predicted octanol–water partition coefficient (Wildman–Crippen LogP) is 4.77. The maximum atomic E-state index is 13.9. The van der Waals surface area contributed by atoms with Gasteiger partial charge >= 0.3 is 0 Å². The summed E-state index contributed by atoms with van der Waals surface area (Å²) in [5.74, 6) is -0.0233. The molecule has 1 unspecified atom stereocenters. The normalized spacial score (nSPS) is 18.5. The summed E-state index contributed by atoms with van der Waals surface area (Å²) in [4.78, 5) is 32.5. The van der Waals surface area contributed by atoms with Crippen molar-refractivity contribution in [3.05, 3.63) is 72.8 Å². The highest BCUT2D eigenvalue weighted by Gasteiger charge is 2.49. The summed E-state index contributed by atoms with van der Waals surface area (Å²) in [5.41, 5.74) is 2.46. The quantitative estimate of drug-likeness (QED) is 0.308. The number of oxazole rings is 1. The number of sulfonamides is 1. The van der Waals surface area contributed by atoms with Gasteiger partial charge in [-0.2, -0.15) is 4.31 Å². The van der Waals surface area contributed by atoms with Gasteiger partial charge in [-0.05, 0) is 73.5 Å². The van der Waals surface area contributed by atoms with Crippen LogP contribution in [0.3, 0.4) is 0 Å². The highest BCUT2D eigenvalue weighted by atomic mass is 32.2. The Kier molecular flexibility index (Phi) is 6.44. The Hall–Kier alpha value is -4.02. The molecular weight excluding hydrogens is 518 g/mol. The van der Waals surface area contributed by atoms with E-state index >= 15 is 0 Å². The zero-order valence-electron chi connectivity index (χ0n) is 21.3. The third-order valence-electron chi connectivity index (χ3n) is 7.42. The molecule has 0 bridgehead atoms. The van der Waals surface area contributed by atoms with Crippen molar-refractivity contribution in [3.63, 3.8) is 0 Å². The summed E-state index contributed by atoms with van der Waals surface area (Å²) in [6, 6.07) is 18.8. The number of nitrogens with zero attached hydrogens (tertiary/aromatic N) is 3. The third kappa shape index (κ3) is 4.49. The van der Waals surface area contributed by atoms with Gasteiger partial charge in [0.1, 0.15) is 17.3 Å². The number of anilines is 1. The minimum absolute atomic E-state index is 0.0663. The van der Waals surface area contributed by atoms with Crippen molar-refractivity contribution in [3.8, 4) is 17.2 Å². The first-order valence-corrected chi connectivity index (χ1v) is 14.3. The van der Waals surface area contributed by atoms with Gasteiger partial charge in [-0.3, -0.25) is 9.59 Å². The van der Waals surface area contributed by atoms with Gasteiger partial charge in [-0.15, -0.1) is 0 Å². The first-order chi connectivity index (χ1) is 18.9. The molecule has 0 N–H and O–H groups in total. The lowest BCUT2D eigenvalue weighted by Crippen LogP contribution is -2.49. The van der Waals surface area contributed by atoms with Gasteiger partial charge < -0.3 is 9.15 Å². The van der Waals surface area contributed by atoms with Crippen molar-refractivity contribution >= 4 is 38.6 Å². The van der Waals surface area contributed by atoms with Crippen molar-refractivity contribution < 1.29 is 27.2 Å². The van der Waals surface area contributed by atoms with Crippen LogP contribution in [0.25, 0.3) is 22.6 Å². The van der Waals surface area contributed by atoms with Crippen molar-refractivity contribution in [2.75, 3.05) is 12.0 Å². The molecule has 1 saturated heterocycles. The highest BCUT2D eigenvalue weighted by Crippen LogP contribution is 2.36. The van der Waals surface area contributed by atoms with Crippen LogP contribution in [0.15, 0.2) is 82.1 Å². The summed E-state index contributed by atoms with van der Waals surface area (Å²) in [5, 5.41) is 0. The van der Waals surface area contributed by atoms with Crippen LogP contribution in [-0.4, -0.2) is 48.7 Å². The van der Waals surface area contributed by atoms with Crippen molar-refractivity contribution in [1.82, 2.24) is 9.29 Å². The Bertz CT molecular complexity index is 1610. The molecule has 1 aliphatic heterocycles. The van der Waals surface area contributed by atoms with Gasteiger partial charge in [-0.25, -0.2) is 18.3 Å². The van der Waals surface area contributed by atoms with Crippen molar-refractivity contribution in [1.29, 1.82) is 0 Å². The Morgan fingerprint density at radius 2 is 1.64 bits per heavy atom. The maximum absolute atomic E-state index is 13.9. The van der Waals surface area contributed by atoms with Crippen LogP contribution in [0.1, 0.15) is 32.1 Å². The first-order valence-electron chi connectivity index (χ1n) is 12.9. The van der Waals surface area contributed by atoms with Crippen LogP contribution in [-0.2, 0) is 19.6 Å². The van der Waals surface area contributed by atoms with E-state index in [1.165, 1.54) is 23.5 Å². The predicted molar refractivity (Wildman–Crippen MR) is 145 cm³/mol. The largest absolute Gasteiger partial charge is 0.497 e. The number of methoxy groups -OCH3 is 1. The molecule has 1 atom stereocenters. The molecule has 1 aliphatic carbocycles. The molecule has 2 aliphatic rings. The number of benzene rings is 3. The Morgan fingerprint density at radius 3 is 2.31 bits per heavy atom. The number of carbonyl (C=O) groups excluding carboxylic acids is 2. The molecule has 39 heavy (non-hydrogen) atoms. The maximum Gasteiger partial charge on any atom is 0.252 e. The standard InChI is InChI=1S/C29H27N3O6S/c1-37-22-14-16-23(17-15-22)39(35,36)32(21-6-2-3-7-21)25-18-27(33)31(29(25)34)20-12-10-19(11-13-20)28-30-24-8-4-5-9-26(24)38-28/h4-5,8-17,21,25H,2-3,6-7,18H2,1H3. The first kappa shape index (κ1) is 25.3. The van der Waals surface area contributed by atoms with E-state index in [2.05, 4.69) is 4.98 Å². The molecule has 2 heterocycles. The van der Waals surface area contributed by atoms with Crippen LogP contribution in [0, 0.1) is 0 Å². The number of hydrogen-bond donors (Lipinski definition) is 0. The fraction of sp³-hybridized carbons (Fsp3) is 0.276. The molecule has 0 radical (unpaired) electrons. The van der Waals surface area contributed by atoms with E-state index in [1.807, 2.05) is 24.3 Å².